The first-order chi connectivity index (χ1) is 12.7. The van der Waals surface area contributed by atoms with Crippen molar-refractivity contribution >= 4 is 34.9 Å². The molecule has 4 aromatic heterocycles. The number of imidazole rings is 1. The lowest BCUT2D eigenvalue weighted by Crippen LogP contribution is -2.24. The molecular weight excluding hydrogens is 352 g/mol. The van der Waals surface area contributed by atoms with Crippen LogP contribution in [0, 0.1) is 0 Å². The quantitative estimate of drug-likeness (QED) is 0.550. The summed E-state index contributed by atoms with van der Waals surface area (Å²) >= 11 is 6.15. The molecule has 130 valence electrons. The van der Waals surface area contributed by atoms with Crippen LogP contribution in [0.5, 0.6) is 0 Å². The van der Waals surface area contributed by atoms with Crippen molar-refractivity contribution < 1.29 is 4.79 Å². The molecule has 0 saturated heterocycles. The lowest BCUT2D eigenvalue weighted by molar-refractivity contribution is -0.116. The molecule has 7 nitrogen and oxygen atoms in total. The van der Waals surface area contributed by atoms with Crippen molar-refractivity contribution in [3.8, 4) is 0 Å². The summed E-state index contributed by atoms with van der Waals surface area (Å²) in [6.07, 6.45) is 7.44. The first-order valence-corrected chi connectivity index (χ1v) is 8.47. The highest BCUT2D eigenvalue weighted by Crippen LogP contribution is 2.18. The fourth-order valence-electron chi connectivity index (χ4n) is 2.71. The zero-order chi connectivity index (χ0) is 17.9. The molecule has 0 aliphatic heterocycles. The Hall–Kier alpha value is -3.19. The van der Waals surface area contributed by atoms with E-state index in [0.717, 1.165) is 17.1 Å². The second kappa shape index (κ2) is 6.97. The van der Waals surface area contributed by atoms with Gasteiger partial charge in [0.15, 0.2) is 10.8 Å². The Morgan fingerprint density at radius 3 is 2.69 bits per heavy atom. The van der Waals surface area contributed by atoms with Crippen LogP contribution in [0.3, 0.4) is 0 Å². The van der Waals surface area contributed by atoms with Crippen LogP contribution in [-0.4, -0.2) is 36.4 Å². The van der Waals surface area contributed by atoms with E-state index in [0.29, 0.717) is 23.8 Å². The van der Waals surface area contributed by atoms with Crippen molar-refractivity contribution in [3.63, 3.8) is 0 Å². The molecule has 0 radical (unpaired) electrons. The predicted molar refractivity (Wildman–Crippen MR) is 98.9 cm³/mol. The average molecular weight is 367 g/mol. The summed E-state index contributed by atoms with van der Waals surface area (Å²) in [6.45, 7) is 0.458. The van der Waals surface area contributed by atoms with Gasteiger partial charge in [-0.25, -0.2) is 4.98 Å². The zero-order valence-corrected chi connectivity index (χ0v) is 14.5. The summed E-state index contributed by atoms with van der Waals surface area (Å²) in [4.78, 5) is 16.3. The number of nitrogens with zero attached hydrogens (tertiary/aromatic N) is 5. The third kappa shape index (κ3) is 3.16. The maximum atomic E-state index is 12.1. The van der Waals surface area contributed by atoms with Gasteiger partial charge < -0.3 is 5.32 Å². The molecule has 4 aromatic rings. The van der Waals surface area contributed by atoms with Gasteiger partial charge in [0.05, 0.1) is 5.69 Å². The van der Waals surface area contributed by atoms with Crippen molar-refractivity contribution in [1.29, 1.82) is 0 Å². The van der Waals surface area contributed by atoms with E-state index in [-0.39, 0.29) is 5.91 Å². The molecule has 0 bridgehead atoms. The number of amides is 1. The van der Waals surface area contributed by atoms with E-state index >= 15 is 0 Å². The Morgan fingerprint density at radius 2 is 1.85 bits per heavy atom. The molecule has 1 amide bonds. The van der Waals surface area contributed by atoms with Gasteiger partial charge in [-0.15, -0.1) is 10.2 Å². The minimum atomic E-state index is -0.208. The van der Waals surface area contributed by atoms with E-state index in [1.54, 1.807) is 6.08 Å². The number of hydrogen-bond acceptors (Lipinski definition) is 4. The van der Waals surface area contributed by atoms with Gasteiger partial charge in [-0.2, -0.15) is 0 Å². The van der Waals surface area contributed by atoms with E-state index in [2.05, 4.69) is 20.5 Å². The topological polar surface area (TPSA) is 76.6 Å². The highest BCUT2D eigenvalue weighted by Gasteiger charge is 2.08. The van der Waals surface area contributed by atoms with Crippen LogP contribution in [0.4, 0.5) is 0 Å². The molecule has 1 N–H and O–H groups in total. The first kappa shape index (κ1) is 16.3. The Kier molecular flexibility index (Phi) is 4.37. The number of carbonyl (C=O) groups excluding carboxylic acids is 1. The Labute approximate surface area is 154 Å². The average Bonchev–Trinajstić information content (AvgIpc) is 3.20. The molecule has 4 heterocycles. The molecule has 0 aliphatic carbocycles. The molecule has 8 heteroatoms. The van der Waals surface area contributed by atoms with Gasteiger partial charge in [-0.3, -0.25) is 13.6 Å². The van der Waals surface area contributed by atoms with E-state index in [4.69, 9.17) is 11.6 Å². The molecule has 26 heavy (non-hydrogen) atoms. The van der Waals surface area contributed by atoms with Gasteiger partial charge in [-0.1, -0.05) is 23.7 Å². The number of rotatable bonds is 5. The predicted octanol–water partition coefficient (Wildman–Crippen LogP) is 2.40. The minimum absolute atomic E-state index is 0.208. The van der Waals surface area contributed by atoms with Crippen molar-refractivity contribution in [3.05, 3.63) is 71.5 Å². The monoisotopic (exact) mass is 366 g/mol. The first-order valence-electron chi connectivity index (χ1n) is 8.09. The van der Waals surface area contributed by atoms with Gasteiger partial charge in [0, 0.05) is 31.4 Å². The lowest BCUT2D eigenvalue weighted by atomic mass is 10.3. The summed E-state index contributed by atoms with van der Waals surface area (Å²) in [5.41, 5.74) is 2.19. The molecule has 0 aliphatic rings. The van der Waals surface area contributed by atoms with Crippen LogP contribution in [-0.2, 0) is 11.2 Å². The van der Waals surface area contributed by atoms with E-state index in [9.17, 15) is 4.79 Å². The van der Waals surface area contributed by atoms with Crippen LogP contribution in [0.2, 0.25) is 5.15 Å². The van der Waals surface area contributed by atoms with Crippen LogP contribution in [0.1, 0.15) is 11.5 Å². The van der Waals surface area contributed by atoms with Gasteiger partial charge in [0.25, 0.3) is 0 Å². The number of pyridine rings is 2. The van der Waals surface area contributed by atoms with E-state index < -0.39 is 0 Å². The summed E-state index contributed by atoms with van der Waals surface area (Å²) in [7, 11) is 0. The van der Waals surface area contributed by atoms with Gasteiger partial charge in [0.1, 0.15) is 11.5 Å². The fraction of sp³-hybridized carbons (Fsp3) is 0.111. The maximum absolute atomic E-state index is 12.1. The molecular formula is C18H15ClN6O. The number of nitrogens with one attached hydrogen (secondary N) is 1. The largest absolute Gasteiger partial charge is 0.352 e. The standard InChI is InChI=1S/C18H15ClN6O/c19-18-13(24-11-3-1-5-14(24)21-18)7-8-17(26)20-10-9-16-23-22-15-6-2-4-12-25(15)16/h1-8,11-12H,9-10H2,(H,20,26)/b8-7+. The second-order valence-corrected chi connectivity index (χ2v) is 5.99. The Balaban J connectivity index is 1.39. The molecule has 0 atom stereocenters. The molecule has 4 rings (SSSR count). The number of fused-ring (bicyclic) bond motifs is 2. The molecule has 0 fully saturated rings. The van der Waals surface area contributed by atoms with Crippen LogP contribution >= 0.6 is 11.6 Å². The third-order valence-electron chi connectivity index (χ3n) is 3.95. The number of halogens is 1. The van der Waals surface area contributed by atoms with Crippen molar-refractivity contribution in [2.24, 2.45) is 0 Å². The van der Waals surface area contributed by atoms with E-state index in [1.807, 2.05) is 57.6 Å². The lowest BCUT2D eigenvalue weighted by Gasteiger charge is -2.01. The van der Waals surface area contributed by atoms with Crippen LogP contribution in [0.15, 0.2) is 54.9 Å². The molecule has 0 aromatic carbocycles. The fourth-order valence-corrected chi connectivity index (χ4v) is 2.95. The smallest absolute Gasteiger partial charge is 0.244 e. The minimum Gasteiger partial charge on any atom is -0.352 e. The molecule has 0 spiro atoms. The normalized spacial score (nSPS) is 11.6. The summed E-state index contributed by atoms with van der Waals surface area (Å²) in [5, 5.41) is 11.4. The summed E-state index contributed by atoms with van der Waals surface area (Å²) in [6, 6.07) is 11.3. The van der Waals surface area contributed by atoms with Crippen molar-refractivity contribution in [1.82, 2.24) is 29.3 Å². The SMILES string of the molecule is O=C(/C=C/c1c(Cl)nc2ccccn12)NCCc1nnc2ccccn12. The molecule has 0 unspecified atom stereocenters. The van der Waals surface area contributed by atoms with Crippen molar-refractivity contribution in [2.75, 3.05) is 6.54 Å². The summed E-state index contributed by atoms with van der Waals surface area (Å²) < 4.78 is 3.73. The second-order valence-electron chi connectivity index (χ2n) is 5.64. The number of aromatic nitrogens is 5. The molecule has 0 saturated carbocycles. The van der Waals surface area contributed by atoms with E-state index in [1.165, 1.54) is 6.08 Å². The Morgan fingerprint density at radius 1 is 1.08 bits per heavy atom. The Bertz CT molecular complexity index is 1110. The summed E-state index contributed by atoms with van der Waals surface area (Å²) in [5.74, 6) is 0.593. The number of hydrogen-bond donors (Lipinski definition) is 1. The highest BCUT2D eigenvalue weighted by molar-refractivity contribution is 6.31. The zero-order valence-electron chi connectivity index (χ0n) is 13.7. The van der Waals surface area contributed by atoms with Gasteiger partial charge in [-0.05, 0) is 30.3 Å². The van der Waals surface area contributed by atoms with Gasteiger partial charge in [0.2, 0.25) is 5.91 Å². The van der Waals surface area contributed by atoms with Crippen molar-refractivity contribution in [2.45, 2.75) is 6.42 Å². The highest BCUT2D eigenvalue weighted by atomic mass is 35.5. The van der Waals surface area contributed by atoms with Crippen LogP contribution in [0.25, 0.3) is 17.4 Å². The number of carbonyl (C=O) groups is 1. The van der Waals surface area contributed by atoms with Gasteiger partial charge >= 0.3 is 0 Å². The maximum Gasteiger partial charge on any atom is 0.244 e. The third-order valence-corrected chi connectivity index (χ3v) is 4.22. The van der Waals surface area contributed by atoms with Crippen LogP contribution < -0.4 is 5.32 Å².